The first-order chi connectivity index (χ1) is 11.1. The fraction of sp³-hybridized carbons (Fsp3) is 0.688. The zero-order valence-electron chi connectivity index (χ0n) is 15.6. The van der Waals surface area contributed by atoms with Gasteiger partial charge in [0.15, 0.2) is 0 Å². The molecular weight excluding hydrogens is 312 g/mol. The SMILES string of the molecule is CCc1c(C(=O)N(CC)CC)c(C)n(NC(=O)OC(C)(C)C)[n+]1[O-]. The van der Waals surface area contributed by atoms with Crippen molar-refractivity contribution in [3.05, 3.63) is 22.2 Å². The molecule has 24 heavy (non-hydrogen) atoms. The predicted octanol–water partition coefficient (Wildman–Crippen LogP) is 1.95. The van der Waals surface area contributed by atoms with E-state index in [1.165, 1.54) is 0 Å². The van der Waals surface area contributed by atoms with Crippen LogP contribution in [-0.2, 0) is 11.2 Å². The molecule has 0 atom stereocenters. The third kappa shape index (κ3) is 4.18. The number of ether oxygens (including phenoxy) is 1. The quantitative estimate of drug-likeness (QED) is 0.655. The second-order valence-corrected chi connectivity index (χ2v) is 6.44. The number of nitrogens with one attached hydrogen (secondary N) is 1. The summed E-state index contributed by atoms with van der Waals surface area (Å²) in [5.41, 5.74) is 2.73. The predicted molar refractivity (Wildman–Crippen MR) is 90.4 cm³/mol. The van der Waals surface area contributed by atoms with Crippen LogP contribution in [0.5, 0.6) is 0 Å². The molecule has 136 valence electrons. The van der Waals surface area contributed by atoms with E-state index >= 15 is 0 Å². The van der Waals surface area contributed by atoms with Gasteiger partial charge in [-0.15, -0.1) is 0 Å². The monoisotopic (exact) mass is 340 g/mol. The molecule has 0 aliphatic carbocycles. The molecular formula is C16H28N4O4. The lowest BCUT2D eigenvalue weighted by molar-refractivity contribution is -0.695. The Morgan fingerprint density at radius 1 is 1.25 bits per heavy atom. The lowest BCUT2D eigenvalue weighted by Crippen LogP contribution is -2.48. The largest absolute Gasteiger partial charge is 0.692 e. The third-order valence-corrected chi connectivity index (χ3v) is 3.58. The van der Waals surface area contributed by atoms with Gasteiger partial charge in [-0.05, 0) is 41.5 Å². The number of carbonyl (C=O) groups is 2. The Balaban J connectivity index is 3.26. The fourth-order valence-corrected chi connectivity index (χ4v) is 2.44. The van der Waals surface area contributed by atoms with Crippen molar-refractivity contribution in [1.82, 2.24) is 9.69 Å². The number of hydrogen-bond donors (Lipinski definition) is 1. The van der Waals surface area contributed by atoms with Crippen LogP contribution >= 0.6 is 0 Å². The van der Waals surface area contributed by atoms with E-state index in [1.54, 1.807) is 39.5 Å². The highest BCUT2D eigenvalue weighted by atomic mass is 16.6. The van der Waals surface area contributed by atoms with Gasteiger partial charge in [0.2, 0.25) is 0 Å². The number of rotatable bonds is 5. The van der Waals surface area contributed by atoms with Gasteiger partial charge in [-0.1, -0.05) is 17.1 Å². The molecule has 0 spiro atoms. The zero-order chi connectivity index (χ0) is 18.7. The Kier molecular flexibility index (Phi) is 6.22. The van der Waals surface area contributed by atoms with Crippen LogP contribution in [0.3, 0.4) is 0 Å². The topological polar surface area (TPSA) is 90.5 Å². The highest BCUT2D eigenvalue weighted by Gasteiger charge is 2.30. The normalized spacial score (nSPS) is 11.3. The average Bonchev–Trinajstić information content (AvgIpc) is 2.70. The molecule has 0 bridgehead atoms. The number of nitrogens with zero attached hydrogens (tertiary/aromatic N) is 3. The first kappa shape index (κ1) is 19.8. The molecule has 0 saturated heterocycles. The van der Waals surface area contributed by atoms with Crippen LogP contribution in [0, 0.1) is 12.1 Å². The molecule has 1 aromatic heterocycles. The molecule has 0 fully saturated rings. The summed E-state index contributed by atoms with van der Waals surface area (Å²) in [5, 5.41) is 12.5. The maximum Gasteiger partial charge on any atom is 0.524 e. The summed E-state index contributed by atoms with van der Waals surface area (Å²) in [4.78, 5) is 27.9. The molecule has 8 heteroatoms. The van der Waals surface area contributed by atoms with Crippen molar-refractivity contribution in [2.24, 2.45) is 0 Å². The summed E-state index contributed by atoms with van der Waals surface area (Å²) < 4.78 is 5.17. The molecule has 1 heterocycles. The highest BCUT2D eigenvalue weighted by Crippen LogP contribution is 2.16. The Labute approximate surface area is 142 Å². The summed E-state index contributed by atoms with van der Waals surface area (Å²) in [5.74, 6) is -0.219. The number of amides is 2. The maximum absolute atomic E-state index is 12.7. The van der Waals surface area contributed by atoms with Crippen LogP contribution in [0.15, 0.2) is 0 Å². The molecule has 0 aromatic carbocycles. The highest BCUT2D eigenvalue weighted by molar-refractivity contribution is 5.96. The summed E-state index contributed by atoms with van der Waals surface area (Å²) in [6.07, 6.45) is -0.384. The van der Waals surface area contributed by atoms with E-state index in [4.69, 9.17) is 4.74 Å². The zero-order valence-corrected chi connectivity index (χ0v) is 15.6. The minimum absolute atomic E-state index is 0.219. The van der Waals surface area contributed by atoms with Crippen molar-refractivity contribution >= 4 is 12.0 Å². The summed E-state index contributed by atoms with van der Waals surface area (Å²) >= 11 is 0. The fourth-order valence-electron chi connectivity index (χ4n) is 2.44. The van der Waals surface area contributed by atoms with E-state index < -0.39 is 11.7 Å². The second-order valence-electron chi connectivity index (χ2n) is 6.44. The lowest BCUT2D eigenvalue weighted by Gasteiger charge is -2.18. The molecule has 1 N–H and O–H groups in total. The molecule has 0 aliphatic rings. The number of hydrogen-bond acceptors (Lipinski definition) is 4. The Morgan fingerprint density at radius 2 is 1.79 bits per heavy atom. The van der Waals surface area contributed by atoms with Crippen molar-refractivity contribution in [3.8, 4) is 0 Å². The van der Waals surface area contributed by atoms with Gasteiger partial charge in [0.25, 0.3) is 5.91 Å². The van der Waals surface area contributed by atoms with Crippen molar-refractivity contribution in [1.29, 1.82) is 0 Å². The van der Waals surface area contributed by atoms with E-state index in [0.717, 1.165) is 4.79 Å². The molecule has 0 unspecified atom stereocenters. The van der Waals surface area contributed by atoms with Crippen LogP contribution in [0.25, 0.3) is 0 Å². The summed E-state index contributed by atoms with van der Waals surface area (Å²) in [6.45, 7) is 13.4. The van der Waals surface area contributed by atoms with Gasteiger partial charge >= 0.3 is 6.09 Å². The van der Waals surface area contributed by atoms with E-state index in [-0.39, 0.29) is 5.91 Å². The van der Waals surface area contributed by atoms with Gasteiger partial charge in [0.1, 0.15) is 22.6 Å². The van der Waals surface area contributed by atoms with Crippen molar-refractivity contribution in [2.45, 2.75) is 60.5 Å². The van der Waals surface area contributed by atoms with Crippen LogP contribution < -0.4 is 10.3 Å². The molecule has 2 amide bonds. The molecule has 0 radical (unpaired) electrons. The minimum Gasteiger partial charge on any atom is -0.692 e. The number of aromatic nitrogens is 2. The van der Waals surface area contributed by atoms with Crippen LogP contribution in [-0.4, -0.2) is 40.4 Å². The van der Waals surface area contributed by atoms with Crippen molar-refractivity contribution < 1.29 is 19.2 Å². The van der Waals surface area contributed by atoms with Gasteiger partial charge in [-0.3, -0.25) is 4.79 Å². The Bertz CT molecular complexity index is 613. The smallest absolute Gasteiger partial charge is 0.524 e. The van der Waals surface area contributed by atoms with Gasteiger partial charge in [-0.25, -0.2) is 0 Å². The van der Waals surface area contributed by atoms with Crippen molar-refractivity contribution in [2.75, 3.05) is 18.5 Å². The van der Waals surface area contributed by atoms with E-state index in [1.807, 2.05) is 13.8 Å². The summed E-state index contributed by atoms with van der Waals surface area (Å²) in [7, 11) is 0. The standard InChI is InChI=1S/C16H28N4O4/c1-8-12-13(14(21)18(9-2)10-3)11(4)19(20(12)23)17-15(22)24-16(5,6)7/h8-10H2,1-7H3,(H,17,22). The maximum atomic E-state index is 12.7. The number of carbonyl (C=O) groups excluding carboxylic acids is 2. The van der Waals surface area contributed by atoms with Crippen LogP contribution in [0.2, 0.25) is 0 Å². The molecule has 8 nitrogen and oxygen atoms in total. The molecule has 1 aromatic rings. The van der Waals surface area contributed by atoms with E-state index in [2.05, 4.69) is 5.43 Å². The van der Waals surface area contributed by atoms with Crippen molar-refractivity contribution in [3.63, 3.8) is 0 Å². The molecule has 0 saturated carbocycles. The second kappa shape index (κ2) is 7.55. The first-order valence-electron chi connectivity index (χ1n) is 8.20. The van der Waals surface area contributed by atoms with Gasteiger partial charge in [0, 0.05) is 19.5 Å². The van der Waals surface area contributed by atoms with Crippen LogP contribution in [0.1, 0.15) is 63.3 Å². The van der Waals surface area contributed by atoms with E-state index in [0.29, 0.717) is 41.3 Å². The Hall–Kier alpha value is -2.25. The lowest BCUT2D eigenvalue weighted by atomic mass is 10.1. The van der Waals surface area contributed by atoms with Gasteiger partial charge in [-0.2, -0.15) is 9.64 Å². The van der Waals surface area contributed by atoms with Gasteiger partial charge in [0.05, 0.1) is 0 Å². The van der Waals surface area contributed by atoms with Gasteiger partial charge < -0.3 is 14.8 Å². The average molecular weight is 340 g/mol. The molecule has 1 rings (SSSR count). The van der Waals surface area contributed by atoms with Crippen LogP contribution in [0.4, 0.5) is 4.79 Å². The molecule has 0 aliphatic heterocycles. The third-order valence-electron chi connectivity index (χ3n) is 3.58. The van der Waals surface area contributed by atoms with E-state index in [9.17, 15) is 14.8 Å². The summed E-state index contributed by atoms with van der Waals surface area (Å²) in [6, 6.07) is 0. The minimum atomic E-state index is -0.755. The Morgan fingerprint density at radius 3 is 2.21 bits per heavy atom. The first-order valence-corrected chi connectivity index (χ1v) is 8.20.